The summed E-state index contributed by atoms with van der Waals surface area (Å²) >= 11 is 0. The van der Waals surface area contributed by atoms with Crippen molar-refractivity contribution >= 4 is 0 Å². The van der Waals surface area contributed by atoms with Crippen molar-refractivity contribution in [1.82, 2.24) is 9.80 Å². The first-order valence-electron chi connectivity index (χ1n) is 9.08. The molecule has 0 unspecified atom stereocenters. The number of nitrogens with zero attached hydrogens (tertiary/aromatic N) is 2. The van der Waals surface area contributed by atoms with Crippen molar-refractivity contribution in [2.24, 2.45) is 11.8 Å². The van der Waals surface area contributed by atoms with Crippen LogP contribution < -0.4 is 0 Å². The zero-order chi connectivity index (χ0) is 14.5. The summed E-state index contributed by atoms with van der Waals surface area (Å²) in [6.45, 7) is 11.1. The van der Waals surface area contributed by atoms with E-state index in [1.165, 1.54) is 64.6 Å². The summed E-state index contributed by atoms with van der Waals surface area (Å²) in [5.41, 5.74) is 0. The van der Waals surface area contributed by atoms with E-state index in [9.17, 15) is 0 Å². The third-order valence-corrected chi connectivity index (χ3v) is 6.09. The van der Waals surface area contributed by atoms with Crippen molar-refractivity contribution in [3.05, 3.63) is 0 Å². The van der Waals surface area contributed by atoms with Crippen LogP contribution in [0, 0.1) is 11.8 Å². The molecule has 2 rings (SSSR count). The summed E-state index contributed by atoms with van der Waals surface area (Å²) < 4.78 is 0. The van der Waals surface area contributed by atoms with Crippen LogP contribution in [-0.2, 0) is 0 Å². The SMILES string of the molecule is CC[C@@H]1CC[C@H](CCN2C[C@H](CC)CC[C@H]2C)N(C)C1. The van der Waals surface area contributed by atoms with Gasteiger partial charge in [-0.05, 0) is 64.5 Å². The van der Waals surface area contributed by atoms with Gasteiger partial charge in [0.1, 0.15) is 0 Å². The number of hydrogen-bond acceptors (Lipinski definition) is 2. The Balaban J connectivity index is 1.76. The van der Waals surface area contributed by atoms with Gasteiger partial charge >= 0.3 is 0 Å². The van der Waals surface area contributed by atoms with E-state index in [-0.39, 0.29) is 0 Å². The summed E-state index contributed by atoms with van der Waals surface area (Å²) in [4.78, 5) is 5.42. The lowest BCUT2D eigenvalue weighted by molar-refractivity contribution is 0.0810. The molecule has 2 heterocycles. The minimum Gasteiger partial charge on any atom is -0.303 e. The van der Waals surface area contributed by atoms with Crippen molar-refractivity contribution in [2.45, 2.75) is 77.8 Å². The van der Waals surface area contributed by atoms with Gasteiger partial charge in [0, 0.05) is 25.2 Å². The summed E-state index contributed by atoms with van der Waals surface area (Å²) in [6, 6.07) is 1.65. The second-order valence-corrected chi connectivity index (χ2v) is 7.43. The van der Waals surface area contributed by atoms with E-state index in [4.69, 9.17) is 0 Å². The molecule has 2 aliphatic rings. The fourth-order valence-electron chi connectivity index (χ4n) is 4.22. The van der Waals surface area contributed by atoms with Crippen LogP contribution in [0.3, 0.4) is 0 Å². The summed E-state index contributed by atoms with van der Waals surface area (Å²) in [7, 11) is 2.35. The molecule has 0 radical (unpaired) electrons. The predicted octanol–water partition coefficient (Wildman–Crippen LogP) is 4.01. The molecule has 2 heteroatoms. The van der Waals surface area contributed by atoms with E-state index in [1.807, 2.05) is 0 Å². The first-order chi connectivity index (χ1) is 9.63. The molecule has 2 aliphatic heterocycles. The topological polar surface area (TPSA) is 6.48 Å². The van der Waals surface area contributed by atoms with E-state index >= 15 is 0 Å². The molecule has 0 bridgehead atoms. The molecule has 0 spiro atoms. The largest absolute Gasteiger partial charge is 0.303 e. The van der Waals surface area contributed by atoms with Crippen LogP contribution in [0.15, 0.2) is 0 Å². The normalized spacial score (nSPS) is 37.2. The molecule has 0 amide bonds. The molecule has 2 saturated heterocycles. The van der Waals surface area contributed by atoms with Gasteiger partial charge in [0.15, 0.2) is 0 Å². The Morgan fingerprint density at radius 2 is 1.55 bits per heavy atom. The van der Waals surface area contributed by atoms with Crippen molar-refractivity contribution in [2.75, 3.05) is 26.7 Å². The van der Waals surface area contributed by atoms with E-state index < -0.39 is 0 Å². The lowest BCUT2D eigenvalue weighted by Gasteiger charge is -2.41. The van der Waals surface area contributed by atoms with Crippen LogP contribution in [0.1, 0.15) is 65.7 Å². The van der Waals surface area contributed by atoms with Crippen molar-refractivity contribution < 1.29 is 0 Å². The first kappa shape index (κ1) is 16.3. The van der Waals surface area contributed by atoms with E-state index in [0.717, 1.165) is 23.9 Å². The highest BCUT2D eigenvalue weighted by atomic mass is 15.2. The highest BCUT2D eigenvalue weighted by Gasteiger charge is 2.28. The Kier molecular flexibility index (Phi) is 6.35. The molecule has 0 aromatic rings. The second-order valence-electron chi connectivity index (χ2n) is 7.43. The van der Waals surface area contributed by atoms with Gasteiger partial charge in [-0.3, -0.25) is 0 Å². The number of likely N-dealkylation sites (tertiary alicyclic amines) is 2. The van der Waals surface area contributed by atoms with Crippen molar-refractivity contribution in [3.8, 4) is 0 Å². The minimum absolute atomic E-state index is 0.815. The maximum atomic E-state index is 2.78. The molecular formula is C18H36N2. The fourth-order valence-corrected chi connectivity index (χ4v) is 4.22. The molecule has 20 heavy (non-hydrogen) atoms. The number of piperidine rings is 2. The highest BCUT2D eigenvalue weighted by Crippen LogP contribution is 2.27. The van der Waals surface area contributed by atoms with Crippen LogP contribution in [-0.4, -0.2) is 48.6 Å². The van der Waals surface area contributed by atoms with Crippen molar-refractivity contribution in [1.29, 1.82) is 0 Å². The quantitative estimate of drug-likeness (QED) is 0.751. The molecule has 2 fully saturated rings. The standard InChI is InChI=1S/C18H36N2/c1-5-16-9-10-18(19(4)13-16)11-12-20-14-17(6-2)8-7-15(20)3/h15-18H,5-14H2,1-4H3/t15-,16-,17-,18-/m1/s1. The summed E-state index contributed by atoms with van der Waals surface area (Å²) in [6.07, 6.45) is 9.86. The minimum atomic E-state index is 0.815. The Hall–Kier alpha value is -0.0800. The van der Waals surface area contributed by atoms with E-state index in [1.54, 1.807) is 0 Å². The maximum absolute atomic E-state index is 2.78. The van der Waals surface area contributed by atoms with E-state index in [2.05, 4.69) is 37.6 Å². The smallest absolute Gasteiger partial charge is 0.0105 e. The molecule has 0 aromatic heterocycles. The number of rotatable bonds is 5. The average molecular weight is 280 g/mol. The fraction of sp³-hybridized carbons (Fsp3) is 1.00. The molecular weight excluding hydrogens is 244 g/mol. The van der Waals surface area contributed by atoms with Crippen molar-refractivity contribution in [3.63, 3.8) is 0 Å². The summed E-state index contributed by atoms with van der Waals surface area (Å²) in [5.74, 6) is 1.91. The third kappa shape index (κ3) is 4.21. The second kappa shape index (κ2) is 7.79. The number of hydrogen-bond donors (Lipinski definition) is 0. The Labute approximate surface area is 126 Å². The Morgan fingerprint density at radius 1 is 0.900 bits per heavy atom. The van der Waals surface area contributed by atoms with Gasteiger partial charge in [-0.25, -0.2) is 0 Å². The third-order valence-electron chi connectivity index (χ3n) is 6.09. The molecule has 0 N–H and O–H groups in total. The molecule has 2 nitrogen and oxygen atoms in total. The van der Waals surface area contributed by atoms with Crippen LogP contribution >= 0.6 is 0 Å². The monoisotopic (exact) mass is 280 g/mol. The van der Waals surface area contributed by atoms with Gasteiger partial charge in [-0.15, -0.1) is 0 Å². The highest BCUT2D eigenvalue weighted by molar-refractivity contribution is 4.83. The lowest BCUT2D eigenvalue weighted by Crippen LogP contribution is -2.46. The lowest BCUT2D eigenvalue weighted by atomic mass is 9.88. The predicted molar refractivity (Wildman–Crippen MR) is 88.1 cm³/mol. The first-order valence-corrected chi connectivity index (χ1v) is 9.08. The van der Waals surface area contributed by atoms with Crippen LogP contribution in [0.4, 0.5) is 0 Å². The van der Waals surface area contributed by atoms with Gasteiger partial charge in [-0.1, -0.05) is 26.7 Å². The van der Waals surface area contributed by atoms with E-state index in [0.29, 0.717) is 0 Å². The zero-order valence-corrected chi connectivity index (χ0v) is 14.3. The molecule has 0 aromatic carbocycles. The summed E-state index contributed by atoms with van der Waals surface area (Å²) in [5, 5.41) is 0. The van der Waals surface area contributed by atoms with Crippen LogP contribution in [0.2, 0.25) is 0 Å². The molecule has 4 atom stereocenters. The van der Waals surface area contributed by atoms with Gasteiger partial charge in [-0.2, -0.15) is 0 Å². The molecule has 118 valence electrons. The van der Waals surface area contributed by atoms with Gasteiger partial charge in [0.2, 0.25) is 0 Å². The Bertz CT molecular complexity index is 279. The maximum Gasteiger partial charge on any atom is 0.0105 e. The van der Waals surface area contributed by atoms with Crippen LogP contribution in [0.5, 0.6) is 0 Å². The molecule has 0 saturated carbocycles. The van der Waals surface area contributed by atoms with Crippen LogP contribution in [0.25, 0.3) is 0 Å². The average Bonchev–Trinajstić information content (AvgIpc) is 2.47. The zero-order valence-electron chi connectivity index (χ0n) is 14.3. The van der Waals surface area contributed by atoms with Gasteiger partial charge in [0.05, 0.1) is 0 Å². The Morgan fingerprint density at radius 3 is 2.20 bits per heavy atom. The molecule has 0 aliphatic carbocycles. The van der Waals surface area contributed by atoms with Gasteiger partial charge < -0.3 is 9.80 Å². The van der Waals surface area contributed by atoms with Gasteiger partial charge in [0.25, 0.3) is 0 Å².